The number of nitrogens with zero attached hydrogens (tertiary/aromatic N) is 1. The van der Waals surface area contributed by atoms with Crippen molar-refractivity contribution in [2.24, 2.45) is 5.73 Å². The Hall–Kier alpha value is -0.0800. The molecule has 0 amide bonds. The monoisotopic (exact) mass is 130 g/mol. The maximum Gasteiger partial charge on any atom is 0.0104 e. The summed E-state index contributed by atoms with van der Waals surface area (Å²) in [6.07, 6.45) is 1.20. The van der Waals surface area contributed by atoms with Gasteiger partial charge < -0.3 is 10.6 Å². The third kappa shape index (κ3) is 3.49. The average Bonchev–Trinajstić information content (AvgIpc) is 1.87. The highest BCUT2D eigenvalue weighted by molar-refractivity contribution is 4.59. The van der Waals surface area contributed by atoms with E-state index in [1.807, 2.05) is 0 Å². The molecule has 0 aliphatic heterocycles. The van der Waals surface area contributed by atoms with E-state index in [-0.39, 0.29) is 0 Å². The molecule has 0 aromatic rings. The second kappa shape index (κ2) is 4.77. The second-order valence-electron chi connectivity index (χ2n) is 2.53. The van der Waals surface area contributed by atoms with Crippen LogP contribution in [0, 0.1) is 0 Å². The largest absolute Gasteiger partial charge is 0.329 e. The lowest BCUT2D eigenvalue weighted by molar-refractivity contribution is 0.259. The van der Waals surface area contributed by atoms with Crippen LogP contribution in [0.1, 0.15) is 20.3 Å². The fraction of sp³-hybridized carbons (Fsp3) is 1.00. The first-order chi connectivity index (χ1) is 4.22. The van der Waals surface area contributed by atoms with Gasteiger partial charge in [-0.1, -0.05) is 6.92 Å². The molecule has 0 heterocycles. The van der Waals surface area contributed by atoms with E-state index in [0.717, 1.165) is 13.1 Å². The van der Waals surface area contributed by atoms with Gasteiger partial charge >= 0.3 is 0 Å². The molecule has 1 atom stereocenters. The van der Waals surface area contributed by atoms with Crippen LogP contribution < -0.4 is 5.73 Å². The smallest absolute Gasteiger partial charge is 0.0104 e. The first kappa shape index (κ1) is 8.92. The lowest BCUT2D eigenvalue weighted by Gasteiger charge is -2.22. The Morgan fingerprint density at radius 1 is 1.56 bits per heavy atom. The van der Waals surface area contributed by atoms with E-state index in [4.69, 9.17) is 5.73 Å². The van der Waals surface area contributed by atoms with Gasteiger partial charge in [0.25, 0.3) is 0 Å². The third-order valence-corrected chi connectivity index (χ3v) is 1.83. The van der Waals surface area contributed by atoms with Crippen molar-refractivity contribution in [2.75, 3.05) is 20.1 Å². The summed E-state index contributed by atoms with van der Waals surface area (Å²) >= 11 is 0. The lowest BCUT2D eigenvalue weighted by Crippen LogP contribution is -2.32. The highest BCUT2D eigenvalue weighted by Crippen LogP contribution is 1.97. The molecule has 0 aromatic heterocycles. The van der Waals surface area contributed by atoms with Crippen LogP contribution in [0.2, 0.25) is 0 Å². The van der Waals surface area contributed by atoms with Gasteiger partial charge in [-0.15, -0.1) is 0 Å². The SMILES string of the molecule is CC[C@@H](C)N(C)CCN. The van der Waals surface area contributed by atoms with Gasteiger partial charge in [-0.2, -0.15) is 0 Å². The van der Waals surface area contributed by atoms with Gasteiger partial charge in [0, 0.05) is 19.1 Å². The second-order valence-corrected chi connectivity index (χ2v) is 2.53. The molecule has 0 fully saturated rings. The van der Waals surface area contributed by atoms with Crippen molar-refractivity contribution in [2.45, 2.75) is 26.3 Å². The van der Waals surface area contributed by atoms with Crippen molar-refractivity contribution in [1.29, 1.82) is 0 Å². The summed E-state index contributed by atoms with van der Waals surface area (Å²) in [4.78, 5) is 2.28. The van der Waals surface area contributed by atoms with Crippen LogP contribution in [-0.2, 0) is 0 Å². The summed E-state index contributed by atoms with van der Waals surface area (Å²) in [7, 11) is 2.11. The van der Waals surface area contributed by atoms with Crippen LogP contribution in [0.4, 0.5) is 0 Å². The lowest BCUT2D eigenvalue weighted by atomic mass is 10.2. The minimum Gasteiger partial charge on any atom is -0.329 e. The predicted molar refractivity (Wildman–Crippen MR) is 41.4 cm³/mol. The molecule has 0 aliphatic carbocycles. The van der Waals surface area contributed by atoms with E-state index < -0.39 is 0 Å². The highest BCUT2D eigenvalue weighted by Gasteiger charge is 2.03. The molecule has 2 nitrogen and oxygen atoms in total. The number of nitrogens with two attached hydrogens (primary N) is 1. The quantitative estimate of drug-likeness (QED) is 0.606. The molecule has 56 valence electrons. The van der Waals surface area contributed by atoms with E-state index in [0.29, 0.717) is 6.04 Å². The fourth-order valence-corrected chi connectivity index (χ4v) is 0.736. The molecule has 0 saturated carbocycles. The van der Waals surface area contributed by atoms with Crippen molar-refractivity contribution in [3.8, 4) is 0 Å². The molecule has 0 rings (SSSR count). The molecule has 9 heavy (non-hydrogen) atoms. The van der Waals surface area contributed by atoms with E-state index in [1.165, 1.54) is 6.42 Å². The molecule has 0 aliphatic rings. The van der Waals surface area contributed by atoms with E-state index in [9.17, 15) is 0 Å². The summed E-state index contributed by atoms with van der Waals surface area (Å²) in [5.74, 6) is 0. The van der Waals surface area contributed by atoms with Crippen LogP contribution in [0.3, 0.4) is 0 Å². The molecule has 0 aromatic carbocycles. The number of likely N-dealkylation sites (N-methyl/N-ethyl adjacent to an activating group) is 1. The maximum absolute atomic E-state index is 5.38. The Kier molecular flexibility index (Phi) is 4.72. The van der Waals surface area contributed by atoms with Gasteiger partial charge in [-0.3, -0.25) is 0 Å². The van der Waals surface area contributed by atoms with Crippen molar-refractivity contribution < 1.29 is 0 Å². The van der Waals surface area contributed by atoms with Crippen molar-refractivity contribution in [3.63, 3.8) is 0 Å². The Morgan fingerprint density at radius 2 is 2.11 bits per heavy atom. The first-order valence-electron chi connectivity index (χ1n) is 3.62. The predicted octanol–water partition coefficient (Wildman–Crippen LogP) is 0.675. The van der Waals surface area contributed by atoms with Crippen LogP contribution in [0.15, 0.2) is 0 Å². The Morgan fingerprint density at radius 3 is 2.44 bits per heavy atom. The van der Waals surface area contributed by atoms with Gasteiger partial charge in [0.1, 0.15) is 0 Å². The molecular weight excluding hydrogens is 112 g/mol. The van der Waals surface area contributed by atoms with E-state index >= 15 is 0 Å². The van der Waals surface area contributed by atoms with Gasteiger partial charge in [0.05, 0.1) is 0 Å². The topological polar surface area (TPSA) is 29.3 Å². The van der Waals surface area contributed by atoms with Gasteiger partial charge in [0.15, 0.2) is 0 Å². The Labute approximate surface area is 58.0 Å². The van der Waals surface area contributed by atoms with Crippen molar-refractivity contribution in [1.82, 2.24) is 4.90 Å². The molecule has 0 spiro atoms. The molecular formula is C7H18N2. The summed E-state index contributed by atoms with van der Waals surface area (Å²) in [5.41, 5.74) is 5.38. The maximum atomic E-state index is 5.38. The van der Waals surface area contributed by atoms with Crippen LogP contribution in [0.5, 0.6) is 0 Å². The molecule has 2 heteroatoms. The Bertz CT molecular complexity index is 63.9. The minimum absolute atomic E-state index is 0.675. The highest BCUT2D eigenvalue weighted by atomic mass is 15.1. The number of rotatable bonds is 4. The standard InChI is InChI=1S/C7H18N2/c1-4-7(2)9(3)6-5-8/h7H,4-6,8H2,1-3H3/t7-/m1/s1. The zero-order valence-corrected chi connectivity index (χ0v) is 6.72. The normalized spacial score (nSPS) is 14.3. The van der Waals surface area contributed by atoms with E-state index in [1.54, 1.807) is 0 Å². The molecule has 0 bridgehead atoms. The van der Waals surface area contributed by atoms with Gasteiger partial charge in [-0.05, 0) is 20.4 Å². The van der Waals surface area contributed by atoms with E-state index in [2.05, 4.69) is 25.8 Å². The molecule has 0 radical (unpaired) electrons. The molecule has 0 unspecified atom stereocenters. The van der Waals surface area contributed by atoms with Gasteiger partial charge in [-0.25, -0.2) is 0 Å². The number of hydrogen-bond donors (Lipinski definition) is 1. The zero-order valence-electron chi connectivity index (χ0n) is 6.72. The van der Waals surface area contributed by atoms with Crippen molar-refractivity contribution >= 4 is 0 Å². The van der Waals surface area contributed by atoms with Crippen LogP contribution in [-0.4, -0.2) is 31.1 Å². The van der Waals surface area contributed by atoms with Crippen molar-refractivity contribution in [3.05, 3.63) is 0 Å². The summed E-state index contributed by atoms with van der Waals surface area (Å²) in [5, 5.41) is 0. The number of hydrogen-bond acceptors (Lipinski definition) is 2. The third-order valence-electron chi connectivity index (χ3n) is 1.83. The average molecular weight is 130 g/mol. The summed E-state index contributed by atoms with van der Waals surface area (Å²) < 4.78 is 0. The first-order valence-corrected chi connectivity index (χ1v) is 3.62. The molecule has 0 saturated heterocycles. The van der Waals surface area contributed by atoms with Crippen LogP contribution >= 0.6 is 0 Å². The fourth-order valence-electron chi connectivity index (χ4n) is 0.736. The van der Waals surface area contributed by atoms with Crippen LogP contribution in [0.25, 0.3) is 0 Å². The zero-order chi connectivity index (χ0) is 7.28. The minimum atomic E-state index is 0.675. The Balaban J connectivity index is 3.32. The summed E-state index contributed by atoms with van der Waals surface area (Å²) in [6, 6.07) is 0.675. The summed E-state index contributed by atoms with van der Waals surface area (Å²) in [6.45, 7) is 6.18. The molecule has 2 N–H and O–H groups in total. The van der Waals surface area contributed by atoms with Gasteiger partial charge in [0.2, 0.25) is 0 Å².